The molecule has 0 aliphatic heterocycles. The van der Waals surface area contributed by atoms with Crippen LogP contribution in [0.1, 0.15) is 42.1 Å². The Bertz CT molecular complexity index is 572. The summed E-state index contributed by atoms with van der Waals surface area (Å²) in [5.41, 5.74) is 0.791. The van der Waals surface area contributed by atoms with Crippen LogP contribution in [0.3, 0.4) is 0 Å². The fourth-order valence-corrected chi connectivity index (χ4v) is 3.25. The molecule has 1 aliphatic carbocycles. The molecular formula is C18H23N3O. The first-order valence-corrected chi connectivity index (χ1v) is 8.09. The molecule has 0 atom stereocenters. The summed E-state index contributed by atoms with van der Waals surface area (Å²) in [5, 5.41) is 3.33. The highest BCUT2D eigenvalue weighted by Crippen LogP contribution is 2.31. The standard InChI is InChI=1S/C18H23N3O/c22-18(16-4-2-1-3-5-16)13-20-12-15-6-8-17(9-7-15)21-11-10-19-14-21/h1-5,10-11,14-15,17,20H,6-9,12-13H2. The topological polar surface area (TPSA) is 46.9 Å². The van der Waals surface area contributed by atoms with Gasteiger partial charge in [0, 0.05) is 24.0 Å². The minimum Gasteiger partial charge on any atom is -0.334 e. The second-order valence-electron chi connectivity index (χ2n) is 6.10. The maximum Gasteiger partial charge on any atom is 0.176 e. The molecule has 2 aromatic rings. The molecule has 0 saturated heterocycles. The smallest absolute Gasteiger partial charge is 0.176 e. The summed E-state index contributed by atoms with van der Waals surface area (Å²) in [6.07, 6.45) is 10.7. The minimum atomic E-state index is 0.174. The van der Waals surface area contributed by atoms with Gasteiger partial charge in [0.15, 0.2) is 5.78 Å². The lowest BCUT2D eigenvalue weighted by Gasteiger charge is -2.29. The number of hydrogen-bond acceptors (Lipinski definition) is 3. The van der Waals surface area contributed by atoms with Crippen LogP contribution < -0.4 is 5.32 Å². The molecule has 3 rings (SSSR count). The lowest BCUT2D eigenvalue weighted by Crippen LogP contribution is -2.30. The Morgan fingerprint density at radius 2 is 1.95 bits per heavy atom. The summed E-state index contributed by atoms with van der Waals surface area (Å²) in [5.74, 6) is 0.857. The fraction of sp³-hybridized carbons (Fsp3) is 0.444. The largest absolute Gasteiger partial charge is 0.334 e. The van der Waals surface area contributed by atoms with Gasteiger partial charge in [0.25, 0.3) is 0 Å². The van der Waals surface area contributed by atoms with E-state index in [0.29, 0.717) is 18.5 Å². The number of ketones is 1. The maximum atomic E-state index is 12.0. The molecule has 0 bridgehead atoms. The Balaban J connectivity index is 1.38. The third kappa shape index (κ3) is 3.83. The Labute approximate surface area is 131 Å². The Morgan fingerprint density at radius 1 is 1.18 bits per heavy atom. The molecule has 1 aromatic carbocycles. The van der Waals surface area contributed by atoms with Gasteiger partial charge in [-0.2, -0.15) is 0 Å². The molecule has 0 spiro atoms. The van der Waals surface area contributed by atoms with Crippen LogP contribution in [0, 0.1) is 5.92 Å². The molecule has 0 radical (unpaired) electrons. The third-order valence-corrected chi connectivity index (χ3v) is 4.58. The van der Waals surface area contributed by atoms with Crippen molar-refractivity contribution in [2.45, 2.75) is 31.7 Å². The average Bonchev–Trinajstić information content (AvgIpc) is 3.11. The molecule has 1 N–H and O–H groups in total. The number of nitrogens with zero attached hydrogens (tertiary/aromatic N) is 2. The normalized spacial score (nSPS) is 21.6. The van der Waals surface area contributed by atoms with E-state index in [4.69, 9.17) is 0 Å². The molecule has 22 heavy (non-hydrogen) atoms. The summed E-state index contributed by atoms with van der Waals surface area (Å²) in [4.78, 5) is 16.1. The van der Waals surface area contributed by atoms with Crippen molar-refractivity contribution in [2.75, 3.05) is 13.1 Å². The van der Waals surface area contributed by atoms with Crippen molar-refractivity contribution < 1.29 is 4.79 Å². The summed E-state index contributed by atoms with van der Waals surface area (Å²) >= 11 is 0. The van der Waals surface area contributed by atoms with Crippen molar-refractivity contribution >= 4 is 5.78 Å². The first-order chi connectivity index (χ1) is 10.8. The van der Waals surface area contributed by atoms with Gasteiger partial charge >= 0.3 is 0 Å². The molecule has 1 saturated carbocycles. The van der Waals surface area contributed by atoms with E-state index in [-0.39, 0.29) is 5.78 Å². The van der Waals surface area contributed by atoms with E-state index in [9.17, 15) is 4.79 Å². The van der Waals surface area contributed by atoms with Crippen molar-refractivity contribution in [1.82, 2.24) is 14.9 Å². The maximum absolute atomic E-state index is 12.0. The van der Waals surface area contributed by atoms with E-state index in [2.05, 4.69) is 21.1 Å². The van der Waals surface area contributed by atoms with Crippen LogP contribution >= 0.6 is 0 Å². The number of carbonyl (C=O) groups is 1. The van der Waals surface area contributed by atoms with Gasteiger partial charge < -0.3 is 9.88 Å². The van der Waals surface area contributed by atoms with E-state index in [1.807, 2.05) is 42.9 Å². The number of Topliss-reactive ketones (excluding diaryl/α,β-unsaturated/α-hetero) is 1. The van der Waals surface area contributed by atoms with E-state index >= 15 is 0 Å². The van der Waals surface area contributed by atoms with Crippen molar-refractivity contribution in [1.29, 1.82) is 0 Å². The Morgan fingerprint density at radius 3 is 2.64 bits per heavy atom. The van der Waals surface area contributed by atoms with Crippen molar-refractivity contribution in [2.24, 2.45) is 5.92 Å². The lowest BCUT2D eigenvalue weighted by atomic mass is 9.86. The molecule has 0 amide bonds. The second kappa shape index (κ2) is 7.36. The van der Waals surface area contributed by atoms with E-state index in [0.717, 1.165) is 12.1 Å². The molecule has 1 aromatic heterocycles. The van der Waals surface area contributed by atoms with E-state index < -0.39 is 0 Å². The fourth-order valence-electron chi connectivity index (χ4n) is 3.25. The van der Waals surface area contributed by atoms with Crippen LogP contribution in [0.4, 0.5) is 0 Å². The molecule has 1 aliphatic rings. The van der Waals surface area contributed by atoms with Crippen LogP contribution in [-0.4, -0.2) is 28.4 Å². The van der Waals surface area contributed by atoms with Gasteiger partial charge in [-0.1, -0.05) is 30.3 Å². The average molecular weight is 297 g/mol. The number of benzene rings is 1. The molecule has 4 nitrogen and oxygen atoms in total. The number of rotatable bonds is 6. The summed E-state index contributed by atoms with van der Waals surface area (Å²) in [6.45, 7) is 1.38. The third-order valence-electron chi connectivity index (χ3n) is 4.58. The Kier molecular flexibility index (Phi) is 5.01. The van der Waals surface area contributed by atoms with Crippen LogP contribution in [0.5, 0.6) is 0 Å². The predicted octanol–water partition coefficient (Wildman–Crippen LogP) is 3.09. The van der Waals surface area contributed by atoms with Crippen LogP contribution in [-0.2, 0) is 0 Å². The van der Waals surface area contributed by atoms with Gasteiger partial charge in [0.05, 0.1) is 12.9 Å². The number of nitrogens with one attached hydrogen (secondary N) is 1. The molecular weight excluding hydrogens is 274 g/mol. The van der Waals surface area contributed by atoms with E-state index in [1.165, 1.54) is 25.7 Å². The zero-order chi connectivity index (χ0) is 15.2. The molecule has 1 heterocycles. The van der Waals surface area contributed by atoms with Crippen molar-refractivity contribution in [3.63, 3.8) is 0 Å². The summed E-state index contributed by atoms with van der Waals surface area (Å²) in [6, 6.07) is 10.1. The van der Waals surface area contributed by atoms with Gasteiger partial charge in [0.2, 0.25) is 0 Å². The van der Waals surface area contributed by atoms with Gasteiger partial charge in [-0.05, 0) is 38.1 Å². The van der Waals surface area contributed by atoms with Gasteiger partial charge in [-0.25, -0.2) is 4.98 Å². The Hall–Kier alpha value is -1.94. The molecule has 0 unspecified atom stereocenters. The van der Waals surface area contributed by atoms with Crippen LogP contribution in [0.25, 0.3) is 0 Å². The van der Waals surface area contributed by atoms with Crippen molar-refractivity contribution in [3.8, 4) is 0 Å². The number of imidazole rings is 1. The highest BCUT2D eigenvalue weighted by Gasteiger charge is 2.21. The van der Waals surface area contributed by atoms with Gasteiger partial charge in [-0.15, -0.1) is 0 Å². The zero-order valence-electron chi connectivity index (χ0n) is 12.8. The quantitative estimate of drug-likeness (QED) is 0.834. The SMILES string of the molecule is O=C(CNCC1CCC(n2ccnc2)CC1)c1ccccc1. The van der Waals surface area contributed by atoms with Gasteiger partial charge in [-0.3, -0.25) is 4.79 Å². The first-order valence-electron chi connectivity index (χ1n) is 8.09. The zero-order valence-corrected chi connectivity index (χ0v) is 12.8. The first kappa shape index (κ1) is 15.0. The van der Waals surface area contributed by atoms with Gasteiger partial charge in [0.1, 0.15) is 0 Å². The summed E-state index contributed by atoms with van der Waals surface area (Å²) in [7, 11) is 0. The molecule has 116 valence electrons. The molecule has 4 heteroatoms. The van der Waals surface area contributed by atoms with Crippen molar-refractivity contribution in [3.05, 3.63) is 54.6 Å². The number of hydrogen-bond donors (Lipinski definition) is 1. The van der Waals surface area contributed by atoms with Crippen LogP contribution in [0.2, 0.25) is 0 Å². The predicted molar refractivity (Wildman–Crippen MR) is 86.9 cm³/mol. The summed E-state index contributed by atoms with van der Waals surface area (Å²) < 4.78 is 2.22. The highest BCUT2D eigenvalue weighted by molar-refractivity contribution is 5.97. The molecule has 1 fully saturated rings. The minimum absolute atomic E-state index is 0.174. The second-order valence-corrected chi connectivity index (χ2v) is 6.10. The lowest BCUT2D eigenvalue weighted by molar-refractivity contribution is 0.0988. The number of aromatic nitrogens is 2. The highest BCUT2D eigenvalue weighted by atomic mass is 16.1. The monoisotopic (exact) mass is 297 g/mol. The van der Waals surface area contributed by atoms with Crippen LogP contribution in [0.15, 0.2) is 49.1 Å². The van der Waals surface area contributed by atoms with E-state index in [1.54, 1.807) is 0 Å². The number of carbonyl (C=O) groups excluding carboxylic acids is 1.